The molecule has 4 heteroatoms. The van der Waals surface area contributed by atoms with E-state index >= 15 is 0 Å². The molecule has 0 radical (unpaired) electrons. The molecule has 0 N–H and O–H groups in total. The number of rotatable bonds is 4. The van der Waals surface area contributed by atoms with Crippen molar-refractivity contribution < 1.29 is 0 Å². The van der Waals surface area contributed by atoms with Crippen molar-refractivity contribution in [1.29, 1.82) is 21.0 Å². The minimum atomic E-state index is -1.64. The van der Waals surface area contributed by atoms with E-state index in [1.54, 1.807) is 0 Å². The third-order valence-corrected chi connectivity index (χ3v) is 5.30. The molecule has 2 aromatic carbocycles. The molecule has 0 amide bonds. The van der Waals surface area contributed by atoms with Gasteiger partial charge in [-0.3, -0.25) is 0 Å². The normalized spacial score (nSPS) is 17.9. The quantitative estimate of drug-likeness (QED) is 0.860. The highest BCUT2D eigenvalue weighted by atomic mass is 14.8. The Hall–Kier alpha value is -3.60. The summed E-state index contributed by atoms with van der Waals surface area (Å²) in [5, 5.41) is 39.1. The smallest absolute Gasteiger partial charge is 0.184 e. The lowest BCUT2D eigenvalue weighted by Crippen LogP contribution is -2.20. The summed E-state index contributed by atoms with van der Waals surface area (Å²) in [6.45, 7) is 0. The highest BCUT2D eigenvalue weighted by Crippen LogP contribution is 2.79. The summed E-state index contributed by atoms with van der Waals surface area (Å²) in [6, 6.07) is 26.9. The molecule has 1 aliphatic rings. The van der Waals surface area contributed by atoms with Crippen molar-refractivity contribution >= 4 is 0 Å². The molecule has 0 aliphatic heterocycles. The van der Waals surface area contributed by atoms with Crippen LogP contribution in [0, 0.1) is 61.6 Å². The molecule has 0 saturated heterocycles. The van der Waals surface area contributed by atoms with Crippen molar-refractivity contribution in [2.24, 2.45) is 16.2 Å². The molecule has 0 aromatic heterocycles. The van der Waals surface area contributed by atoms with Crippen LogP contribution in [-0.2, 0) is 12.8 Å². The average Bonchev–Trinajstić information content (AvgIpc) is 3.16. The van der Waals surface area contributed by atoms with Crippen LogP contribution in [0.1, 0.15) is 11.1 Å². The number of benzene rings is 2. The van der Waals surface area contributed by atoms with Gasteiger partial charge in [-0.2, -0.15) is 21.0 Å². The van der Waals surface area contributed by atoms with Crippen LogP contribution in [0.5, 0.6) is 0 Å². The monoisotopic (exact) mass is 322 g/mol. The third-order valence-electron chi connectivity index (χ3n) is 5.30. The Labute approximate surface area is 146 Å². The number of nitrogens with zero attached hydrogens (tertiary/aromatic N) is 4. The van der Waals surface area contributed by atoms with E-state index in [4.69, 9.17) is 0 Å². The van der Waals surface area contributed by atoms with Crippen molar-refractivity contribution in [3.8, 4) is 24.3 Å². The lowest BCUT2D eigenvalue weighted by Gasteiger charge is -2.18. The van der Waals surface area contributed by atoms with Crippen molar-refractivity contribution in [2.75, 3.05) is 0 Å². The molecule has 1 aliphatic carbocycles. The molecule has 0 heterocycles. The summed E-state index contributed by atoms with van der Waals surface area (Å²) in [4.78, 5) is 0. The zero-order valence-electron chi connectivity index (χ0n) is 13.5. The molecule has 3 rings (SSSR count). The van der Waals surface area contributed by atoms with E-state index in [2.05, 4.69) is 0 Å². The highest BCUT2D eigenvalue weighted by Gasteiger charge is 2.90. The summed E-state index contributed by atoms with van der Waals surface area (Å²) in [5.41, 5.74) is -2.54. The van der Waals surface area contributed by atoms with E-state index in [0.29, 0.717) is 12.8 Å². The second-order valence-electron chi connectivity index (χ2n) is 6.35. The van der Waals surface area contributed by atoms with Crippen molar-refractivity contribution in [3.63, 3.8) is 0 Å². The van der Waals surface area contributed by atoms with Crippen LogP contribution >= 0.6 is 0 Å². The second kappa shape index (κ2) is 5.79. The molecule has 0 atom stereocenters. The first-order valence-corrected chi connectivity index (χ1v) is 7.88. The topological polar surface area (TPSA) is 95.2 Å². The Morgan fingerprint density at radius 2 is 0.880 bits per heavy atom. The van der Waals surface area contributed by atoms with Crippen LogP contribution in [0.4, 0.5) is 0 Å². The Morgan fingerprint density at radius 3 is 1.16 bits per heavy atom. The van der Waals surface area contributed by atoms with Crippen molar-refractivity contribution in [2.45, 2.75) is 12.8 Å². The molecule has 1 saturated carbocycles. The largest absolute Gasteiger partial charge is 0.196 e. The molecule has 2 aromatic rings. The van der Waals surface area contributed by atoms with Crippen LogP contribution in [0.2, 0.25) is 0 Å². The Morgan fingerprint density at radius 1 is 0.560 bits per heavy atom. The fourth-order valence-electron chi connectivity index (χ4n) is 3.99. The second-order valence-corrected chi connectivity index (χ2v) is 6.35. The van der Waals surface area contributed by atoms with E-state index in [0.717, 1.165) is 11.1 Å². The van der Waals surface area contributed by atoms with Gasteiger partial charge >= 0.3 is 0 Å². The lowest BCUT2D eigenvalue weighted by atomic mass is 9.81. The molecular formula is C21H14N4. The zero-order valence-corrected chi connectivity index (χ0v) is 13.5. The fraction of sp³-hybridized carbons (Fsp3) is 0.238. The maximum absolute atomic E-state index is 9.77. The predicted molar refractivity (Wildman–Crippen MR) is 90.0 cm³/mol. The Bertz CT molecular complexity index is 840. The summed E-state index contributed by atoms with van der Waals surface area (Å²) >= 11 is 0. The van der Waals surface area contributed by atoms with E-state index in [1.807, 2.05) is 84.9 Å². The minimum absolute atomic E-state index is 0.324. The third kappa shape index (κ3) is 1.96. The lowest BCUT2D eigenvalue weighted by molar-refractivity contribution is 0.416. The average molecular weight is 322 g/mol. The fourth-order valence-corrected chi connectivity index (χ4v) is 3.99. The van der Waals surface area contributed by atoms with Gasteiger partial charge in [-0.25, -0.2) is 0 Å². The van der Waals surface area contributed by atoms with Gasteiger partial charge in [0.2, 0.25) is 0 Å². The molecule has 1 fully saturated rings. The molecular weight excluding hydrogens is 308 g/mol. The number of hydrogen-bond donors (Lipinski definition) is 0. The molecule has 0 spiro atoms. The van der Waals surface area contributed by atoms with Gasteiger partial charge in [0.25, 0.3) is 0 Å². The summed E-state index contributed by atoms with van der Waals surface area (Å²) in [7, 11) is 0. The van der Waals surface area contributed by atoms with Crippen LogP contribution in [-0.4, -0.2) is 0 Å². The molecule has 0 unspecified atom stereocenters. The summed E-state index contributed by atoms with van der Waals surface area (Å²) in [6.07, 6.45) is 0.649. The van der Waals surface area contributed by atoms with Gasteiger partial charge < -0.3 is 0 Å². The number of nitriles is 4. The maximum atomic E-state index is 9.77. The van der Waals surface area contributed by atoms with Crippen LogP contribution in [0.3, 0.4) is 0 Å². The van der Waals surface area contributed by atoms with Crippen LogP contribution in [0.25, 0.3) is 0 Å². The molecule has 118 valence electrons. The highest BCUT2D eigenvalue weighted by molar-refractivity contribution is 5.58. The predicted octanol–water partition coefficient (Wildman–Crippen LogP) is 3.54. The van der Waals surface area contributed by atoms with Gasteiger partial charge in [0, 0.05) is 5.41 Å². The molecule has 4 nitrogen and oxygen atoms in total. The van der Waals surface area contributed by atoms with Gasteiger partial charge in [-0.05, 0) is 24.0 Å². The Kier molecular flexibility index (Phi) is 3.77. The molecule has 0 bridgehead atoms. The van der Waals surface area contributed by atoms with E-state index in [9.17, 15) is 21.0 Å². The van der Waals surface area contributed by atoms with Crippen LogP contribution < -0.4 is 0 Å². The van der Waals surface area contributed by atoms with E-state index in [1.165, 1.54) is 0 Å². The van der Waals surface area contributed by atoms with E-state index < -0.39 is 16.2 Å². The van der Waals surface area contributed by atoms with Crippen molar-refractivity contribution in [3.05, 3.63) is 71.8 Å². The summed E-state index contributed by atoms with van der Waals surface area (Å²) in [5.74, 6) is 0. The van der Waals surface area contributed by atoms with Gasteiger partial charge in [0.15, 0.2) is 10.8 Å². The van der Waals surface area contributed by atoms with Gasteiger partial charge in [0.05, 0.1) is 24.3 Å². The SMILES string of the molecule is N#CC1(C#N)C(C#N)(C#N)C1(Cc1ccccc1)Cc1ccccc1. The Balaban J connectivity index is 2.18. The van der Waals surface area contributed by atoms with Crippen LogP contribution in [0.15, 0.2) is 60.7 Å². The first-order chi connectivity index (χ1) is 12.1. The minimum Gasteiger partial charge on any atom is -0.196 e. The van der Waals surface area contributed by atoms with Gasteiger partial charge in [0.1, 0.15) is 0 Å². The van der Waals surface area contributed by atoms with Gasteiger partial charge in [-0.1, -0.05) is 60.7 Å². The number of hydrogen-bond acceptors (Lipinski definition) is 4. The maximum Gasteiger partial charge on any atom is 0.184 e. The summed E-state index contributed by atoms with van der Waals surface area (Å²) < 4.78 is 0. The first-order valence-electron chi connectivity index (χ1n) is 7.88. The first kappa shape index (κ1) is 16.3. The van der Waals surface area contributed by atoms with E-state index in [-0.39, 0.29) is 0 Å². The standard InChI is InChI=1S/C21H14N4/c22-13-20(14-23)19(21(20,15-24)16-25,11-17-7-3-1-4-8-17)12-18-9-5-2-6-10-18/h1-10H,11-12H2. The zero-order chi connectivity index (χ0) is 18.0. The van der Waals surface area contributed by atoms with Gasteiger partial charge in [-0.15, -0.1) is 0 Å². The molecule has 25 heavy (non-hydrogen) atoms. The van der Waals surface area contributed by atoms with Crippen molar-refractivity contribution in [1.82, 2.24) is 0 Å².